The van der Waals surface area contributed by atoms with Gasteiger partial charge in [0.05, 0.1) is 21.3 Å². The first-order valence-corrected chi connectivity index (χ1v) is 13.0. The standard InChI is InChI=1S/C26H21ClN2O3S2/c27-22-15-7-9-17-24(22)29(34(31,32)21-13-5-2-6-14-21)19-26(30)28-23-16-8-10-18-25(23)33-20-11-3-1-4-12-20/h1-18H,19H2,(H,28,30). The molecule has 34 heavy (non-hydrogen) atoms. The number of amides is 1. The van der Waals surface area contributed by atoms with Gasteiger partial charge in [0.1, 0.15) is 6.54 Å². The summed E-state index contributed by atoms with van der Waals surface area (Å²) in [5.41, 5.74) is 0.827. The molecule has 0 aliphatic carbocycles. The lowest BCUT2D eigenvalue weighted by molar-refractivity contribution is -0.114. The molecule has 1 N–H and O–H groups in total. The lowest BCUT2D eigenvalue weighted by Gasteiger charge is -2.25. The Balaban J connectivity index is 1.62. The van der Waals surface area contributed by atoms with Crippen LogP contribution in [0.15, 0.2) is 124 Å². The van der Waals surface area contributed by atoms with Gasteiger partial charge in [0, 0.05) is 9.79 Å². The van der Waals surface area contributed by atoms with Crippen LogP contribution in [0.25, 0.3) is 0 Å². The Hall–Kier alpha value is -3.26. The van der Waals surface area contributed by atoms with Crippen molar-refractivity contribution >= 4 is 50.7 Å². The van der Waals surface area contributed by atoms with E-state index < -0.39 is 22.5 Å². The lowest BCUT2D eigenvalue weighted by Crippen LogP contribution is -2.38. The molecule has 0 heterocycles. The van der Waals surface area contributed by atoms with Crippen molar-refractivity contribution in [3.05, 3.63) is 114 Å². The summed E-state index contributed by atoms with van der Waals surface area (Å²) in [6.45, 7) is -0.439. The van der Waals surface area contributed by atoms with Crippen LogP contribution in [-0.2, 0) is 14.8 Å². The molecule has 0 saturated heterocycles. The predicted octanol–water partition coefficient (Wildman–Crippen LogP) is 6.33. The van der Waals surface area contributed by atoms with E-state index in [9.17, 15) is 13.2 Å². The third-order valence-corrected chi connectivity index (χ3v) is 8.05. The van der Waals surface area contributed by atoms with Gasteiger partial charge in [-0.3, -0.25) is 9.10 Å². The SMILES string of the molecule is O=C(CN(c1ccccc1Cl)S(=O)(=O)c1ccccc1)Nc1ccccc1Sc1ccccc1. The van der Waals surface area contributed by atoms with E-state index in [4.69, 9.17) is 11.6 Å². The molecule has 172 valence electrons. The van der Waals surface area contributed by atoms with Crippen LogP contribution in [0, 0.1) is 0 Å². The summed E-state index contributed by atoms with van der Waals surface area (Å²) in [4.78, 5) is 15.1. The highest BCUT2D eigenvalue weighted by Gasteiger charge is 2.28. The van der Waals surface area contributed by atoms with Gasteiger partial charge in [0.2, 0.25) is 5.91 Å². The van der Waals surface area contributed by atoms with Crippen molar-refractivity contribution in [3.63, 3.8) is 0 Å². The van der Waals surface area contributed by atoms with Gasteiger partial charge in [-0.2, -0.15) is 0 Å². The molecule has 0 fully saturated rings. The summed E-state index contributed by atoms with van der Waals surface area (Å²) in [5.74, 6) is -0.486. The third kappa shape index (κ3) is 5.62. The largest absolute Gasteiger partial charge is 0.323 e. The molecule has 0 spiro atoms. The zero-order valence-electron chi connectivity index (χ0n) is 18.0. The number of benzene rings is 4. The minimum absolute atomic E-state index is 0.0720. The van der Waals surface area contributed by atoms with Crippen molar-refractivity contribution in [2.75, 3.05) is 16.2 Å². The summed E-state index contributed by atoms with van der Waals surface area (Å²) in [7, 11) is -4.04. The average molecular weight is 509 g/mol. The predicted molar refractivity (Wildman–Crippen MR) is 138 cm³/mol. The Bertz CT molecular complexity index is 1380. The highest BCUT2D eigenvalue weighted by atomic mass is 35.5. The van der Waals surface area contributed by atoms with Crippen molar-refractivity contribution in [2.24, 2.45) is 0 Å². The number of halogens is 1. The zero-order chi connectivity index (χ0) is 24.0. The highest BCUT2D eigenvalue weighted by Crippen LogP contribution is 2.34. The van der Waals surface area contributed by atoms with Crippen LogP contribution in [0.2, 0.25) is 5.02 Å². The van der Waals surface area contributed by atoms with Crippen molar-refractivity contribution in [2.45, 2.75) is 14.7 Å². The molecular weight excluding hydrogens is 488 g/mol. The molecule has 0 unspecified atom stereocenters. The highest BCUT2D eigenvalue weighted by molar-refractivity contribution is 7.99. The number of sulfonamides is 1. The van der Waals surface area contributed by atoms with Crippen LogP contribution in [0.5, 0.6) is 0 Å². The molecule has 4 aromatic carbocycles. The van der Waals surface area contributed by atoms with E-state index in [0.29, 0.717) is 5.69 Å². The fourth-order valence-corrected chi connectivity index (χ4v) is 5.94. The smallest absolute Gasteiger partial charge is 0.264 e. The number of carbonyl (C=O) groups excluding carboxylic acids is 1. The summed E-state index contributed by atoms with van der Waals surface area (Å²) < 4.78 is 28.0. The monoisotopic (exact) mass is 508 g/mol. The van der Waals surface area contributed by atoms with Crippen molar-refractivity contribution < 1.29 is 13.2 Å². The van der Waals surface area contributed by atoms with Crippen LogP contribution in [0.1, 0.15) is 0 Å². The van der Waals surface area contributed by atoms with Gasteiger partial charge in [-0.05, 0) is 48.5 Å². The second-order valence-electron chi connectivity index (χ2n) is 7.24. The summed E-state index contributed by atoms with van der Waals surface area (Å²) in [6.07, 6.45) is 0. The van der Waals surface area contributed by atoms with E-state index in [2.05, 4.69) is 5.32 Å². The maximum Gasteiger partial charge on any atom is 0.264 e. The normalized spacial score (nSPS) is 11.1. The van der Waals surface area contributed by atoms with E-state index in [-0.39, 0.29) is 15.6 Å². The lowest BCUT2D eigenvalue weighted by atomic mass is 10.3. The number of nitrogens with zero attached hydrogens (tertiary/aromatic N) is 1. The summed E-state index contributed by atoms with van der Waals surface area (Å²) in [6, 6.07) is 31.7. The Labute approximate surface area is 208 Å². The zero-order valence-corrected chi connectivity index (χ0v) is 20.4. The molecule has 8 heteroatoms. The molecule has 0 saturated carbocycles. The number of hydrogen-bond donors (Lipinski definition) is 1. The molecule has 5 nitrogen and oxygen atoms in total. The molecule has 4 rings (SSSR count). The fraction of sp³-hybridized carbons (Fsp3) is 0.0385. The number of hydrogen-bond acceptors (Lipinski definition) is 4. The number of rotatable bonds is 8. The quantitative estimate of drug-likeness (QED) is 0.302. The molecule has 0 aromatic heterocycles. The Morgan fingerprint density at radius 2 is 1.38 bits per heavy atom. The van der Waals surface area contributed by atoms with Gasteiger partial charge in [-0.15, -0.1) is 0 Å². The van der Waals surface area contributed by atoms with E-state index in [1.165, 1.54) is 23.9 Å². The van der Waals surface area contributed by atoms with Crippen molar-refractivity contribution in [1.29, 1.82) is 0 Å². The average Bonchev–Trinajstić information content (AvgIpc) is 2.85. The number of anilines is 2. The molecule has 0 atom stereocenters. The van der Waals surface area contributed by atoms with Gasteiger partial charge in [0.15, 0.2) is 0 Å². The van der Waals surface area contributed by atoms with Crippen molar-refractivity contribution in [1.82, 2.24) is 0 Å². The van der Waals surface area contributed by atoms with Gasteiger partial charge in [0.25, 0.3) is 10.0 Å². The number of carbonyl (C=O) groups is 1. The molecule has 1 amide bonds. The molecule has 0 aliphatic rings. The first-order chi connectivity index (χ1) is 16.4. The van der Waals surface area contributed by atoms with Crippen LogP contribution < -0.4 is 9.62 Å². The molecular formula is C26H21ClN2O3S2. The van der Waals surface area contributed by atoms with Gasteiger partial charge >= 0.3 is 0 Å². The Morgan fingerprint density at radius 3 is 2.09 bits per heavy atom. The first-order valence-electron chi connectivity index (χ1n) is 10.4. The van der Waals surface area contributed by atoms with Gasteiger partial charge < -0.3 is 5.32 Å². The first kappa shape index (κ1) is 23.9. The van der Waals surface area contributed by atoms with Gasteiger partial charge in [-0.1, -0.05) is 84.0 Å². The third-order valence-electron chi connectivity index (χ3n) is 4.87. The fourth-order valence-electron chi connectivity index (χ4n) is 3.27. The minimum Gasteiger partial charge on any atom is -0.323 e. The van der Waals surface area contributed by atoms with Crippen molar-refractivity contribution in [3.8, 4) is 0 Å². The second-order valence-corrected chi connectivity index (χ2v) is 10.6. The van der Waals surface area contributed by atoms with Gasteiger partial charge in [-0.25, -0.2) is 8.42 Å². The molecule has 0 bridgehead atoms. The van der Waals surface area contributed by atoms with Crippen LogP contribution >= 0.6 is 23.4 Å². The minimum atomic E-state index is -4.04. The number of nitrogens with one attached hydrogen (secondary N) is 1. The van der Waals surface area contributed by atoms with Crippen LogP contribution in [0.3, 0.4) is 0 Å². The molecule has 0 radical (unpaired) electrons. The maximum absolute atomic E-state index is 13.5. The Kier molecular flexibility index (Phi) is 7.57. The van der Waals surface area contributed by atoms with E-state index >= 15 is 0 Å². The van der Waals surface area contributed by atoms with Crippen LogP contribution in [0.4, 0.5) is 11.4 Å². The summed E-state index contributed by atoms with van der Waals surface area (Å²) >= 11 is 7.84. The van der Waals surface area contributed by atoms with E-state index in [0.717, 1.165) is 14.1 Å². The number of para-hydroxylation sites is 2. The topological polar surface area (TPSA) is 66.5 Å². The van der Waals surface area contributed by atoms with Crippen LogP contribution in [-0.4, -0.2) is 20.9 Å². The maximum atomic E-state index is 13.5. The second kappa shape index (κ2) is 10.8. The molecule has 0 aliphatic heterocycles. The van der Waals surface area contributed by atoms with E-state index in [1.54, 1.807) is 48.5 Å². The molecule has 4 aromatic rings. The Morgan fingerprint density at radius 1 is 0.794 bits per heavy atom. The van der Waals surface area contributed by atoms with E-state index in [1.807, 2.05) is 48.5 Å². The summed E-state index contributed by atoms with van der Waals surface area (Å²) in [5, 5.41) is 3.10.